The lowest BCUT2D eigenvalue weighted by atomic mass is 10.1. The molecule has 1 unspecified atom stereocenters. The van der Waals surface area contributed by atoms with E-state index in [1.54, 1.807) is 6.07 Å². The van der Waals surface area contributed by atoms with E-state index in [0.717, 1.165) is 24.7 Å². The average molecular weight is 332 g/mol. The molecule has 2 aromatic rings. The monoisotopic (exact) mass is 332 g/mol. The van der Waals surface area contributed by atoms with Gasteiger partial charge in [-0.1, -0.05) is 30.3 Å². The molecule has 0 saturated carbocycles. The number of rotatable bonds is 4. The van der Waals surface area contributed by atoms with Gasteiger partial charge in [0.05, 0.1) is 11.0 Å². The van der Waals surface area contributed by atoms with Crippen LogP contribution >= 0.6 is 0 Å². The van der Waals surface area contributed by atoms with Crippen LogP contribution in [0.25, 0.3) is 0 Å². The molecule has 120 valence electrons. The zero-order valence-electron chi connectivity index (χ0n) is 12.5. The third-order valence-electron chi connectivity index (χ3n) is 4.04. The van der Waals surface area contributed by atoms with Crippen LogP contribution in [0.4, 0.5) is 11.4 Å². The minimum absolute atomic E-state index is 0.0558. The zero-order valence-corrected chi connectivity index (χ0v) is 13.3. The van der Waals surface area contributed by atoms with Gasteiger partial charge >= 0.3 is 5.69 Å². The van der Waals surface area contributed by atoms with E-state index in [-0.39, 0.29) is 22.3 Å². The first-order chi connectivity index (χ1) is 10.9. The Labute approximate surface area is 134 Å². The van der Waals surface area contributed by atoms with E-state index in [4.69, 9.17) is 0 Å². The minimum atomic E-state index is -3.68. The van der Waals surface area contributed by atoms with Crippen LogP contribution in [0.5, 0.6) is 0 Å². The Kier molecular flexibility index (Phi) is 3.81. The molecule has 1 atom stereocenters. The maximum atomic E-state index is 11.8. The number of hydrogen-bond donors (Lipinski definition) is 1. The molecule has 3 rings (SSSR count). The lowest BCUT2D eigenvalue weighted by molar-refractivity contribution is -0.386. The molecule has 0 fully saturated rings. The van der Waals surface area contributed by atoms with Crippen molar-refractivity contribution in [3.63, 3.8) is 0 Å². The molecule has 1 aliphatic carbocycles. The summed E-state index contributed by atoms with van der Waals surface area (Å²) in [5, 5.41) is 14.6. The number of nitrogens with zero attached hydrogens (tertiary/aromatic N) is 1. The second-order valence-corrected chi connectivity index (χ2v) is 7.60. The second-order valence-electron chi connectivity index (χ2n) is 5.62. The van der Waals surface area contributed by atoms with Gasteiger partial charge in [0.25, 0.3) is 0 Å². The van der Waals surface area contributed by atoms with Crippen LogP contribution < -0.4 is 5.32 Å². The topological polar surface area (TPSA) is 89.3 Å². The van der Waals surface area contributed by atoms with Crippen molar-refractivity contribution in [1.29, 1.82) is 0 Å². The summed E-state index contributed by atoms with van der Waals surface area (Å²) in [7, 11) is -3.68. The van der Waals surface area contributed by atoms with Gasteiger partial charge in [0, 0.05) is 6.26 Å². The van der Waals surface area contributed by atoms with Crippen molar-refractivity contribution >= 4 is 21.2 Å². The van der Waals surface area contributed by atoms with E-state index >= 15 is 0 Å². The Hall–Kier alpha value is -2.41. The number of nitro groups is 1. The molecule has 0 radical (unpaired) electrons. The van der Waals surface area contributed by atoms with Crippen LogP contribution in [0, 0.1) is 10.1 Å². The normalized spacial score (nSPS) is 16.8. The highest BCUT2D eigenvalue weighted by molar-refractivity contribution is 7.90. The second kappa shape index (κ2) is 5.66. The average Bonchev–Trinajstić information content (AvgIpc) is 2.89. The van der Waals surface area contributed by atoms with Gasteiger partial charge in [-0.2, -0.15) is 0 Å². The Morgan fingerprint density at radius 3 is 2.61 bits per heavy atom. The zero-order chi connectivity index (χ0) is 16.6. The van der Waals surface area contributed by atoms with Gasteiger partial charge < -0.3 is 5.32 Å². The highest BCUT2D eigenvalue weighted by Gasteiger charge is 2.29. The fourth-order valence-corrected chi connectivity index (χ4v) is 3.88. The number of nitro benzene ring substituents is 1. The quantitative estimate of drug-likeness (QED) is 0.686. The predicted molar refractivity (Wildman–Crippen MR) is 87.3 cm³/mol. The highest BCUT2D eigenvalue weighted by Crippen LogP contribution is 2.38. The van der Waals surface area contributed by atoms with E-state index in [9.17, 15) is 18.5 Å². The molecular weight excluding hydrogens is 316 g/mol. The lowest BCUT2D eigenvalue weighted by Gasteiger charge is -2.16. The summed E-state index contributed by atoms with van der Waals surface area (Å²) in [5.41, 5.74) is 2.16. The molecule has 0 heterocycles. The molecule has 6 nitrogen and oxygen atoms in total. The van der Waals surface area contributed by atoms with Crippen LogP contribution in [0.2, 0.25) is 0 Å². The first-order valence-electron chi connectivity index (χ1n) is 7.19. The fourth-order valence-electron chi connectivity index (χ4n) is 3.02. The molecule has 1 N–H and O–H groups in total. The summed E-state index contributed by atoms with van der Waals surface area (Å²) < 4.78 is 23.6. The number of hydrogen-bond acceptors (Lipinski definition) is 5. The van der Waals surface area contributed by atoms with Crippen LogP contribution in [0.1, 0.15) is 23.6 Å². The van der Waals surface area contributed by atoms with Crippen molar-refractivity contribution in [2.24, 2.45) is 0 Å². The van der Waals surface area contributed by atoms with Crippen molar-refractivity contribution in [3.8, 4) is 0 Å². The molecule has 0 aliphatic heterocycles. The summed E-state index contributed by atoms with van der Waals surface area (Å²) in [6.07, 6.45) is 2.69. The van der Waals surface area contributed by atoms with E-state index in [1.165, 1.54) is 17.7 Å². The first kappa shape index (κ1) is 15.5. The van der Waals surface area contributed by atoms with Crippen LogP contribution in [0.15, 0.2) is 47.4 Å². The van der Waals surface area contributed by atoms with E-state index < -0.39 is 14.8 Å². The number of para-hydroxylation sites is 1. The molecular formula is C16H16N2O4S. The van der Waals surface area contributed by atoms with Gasteiger partial charge in [-0.05, 0) is 36.1 Å². The van der Waals surface area contributed by atoms with Crippen LogP contribution in [-0.2, 0) is 16.3 Å². The number of fused-ring (bicyclic) bond motifs is 1. The summed E-state index contributed by atoms with van der Waals surface area (Å²) in [6, 6.07) is 12.2. The van der Waals surface area contributed by atoms with Gasteiger partial charge in [-0.3, -0.25) is 10.1 Å². The van der Waals surface area contributed by atoms with Gasteiger partial charge in [0.2, 0.25) is 0 Å². The maximum absolute atomic E-state index is 11.8. The van der Waals surface area contributed by atoms with Crippen LogP contribution in [0.3, 0.4) is 0 Å². The van der Waals surface area contributed by atoms with Gasteiger partial charge in [0.1, 0.15) is 10.6 Å². The van der Waals surface area contributed by atoms with Gasteiger partial charge in [-0.15, -0.1) is 0 Å². The Morgan fingerprint density at radius 1 is 1.17 bits per heavy atom. The van der Waals surface area contributed by atoms with Gasteiger partial charge in [0.15, 0.2) is 9.84 Å². The summed E-state index contributed by atoms with van der Waals surface area (Å²) in [5.74, 6) is 0. The predicted octanol–water partition coefficient (Wildman–Crippen LogP) is 3.10. The molecule has 0 spiro atoms. The maximum Gasteiger partial charge on any atom is 0.310 e. The number of anilines is 1. The van der Waals surface area contributed by atoms with Crippen molar-refractivity contribution < 1.29 is 13.3 Å². The summed E-state index contributed by atoms with van der Waals surface area (Å²) in [6.45, 7) is 0. The van der Waals surface area contributed by atoms with E-state index in [1.807, 2.05) is 24.3 Å². The SMILES string of the molecule is CS(=O)(=O)c1cccc(NC2CCc3ccccc32)c1[N+](=O)[O-]. The molecule has 0 aromatic heterocycles. The van der Waals surface area contributed by atoms with Gasteiger partial charge in [-0.25, -0.2) is 8.42 Å². The molecule has 0 bridgehead atoms. The third kappa shape index (κ3) is 2.92. The number of nitrogens with one attached hydrogen (secondary N) is 1. The van der Waals surface area contributed by atoms with Crippen molar-refractivity contribution in [2.45, 2.75) is 23.8 Å². The summed E-state index contributed by atoms with van der Waals surface area (Å²) >= 11 is 0. The molecule has 23 heavy (non-hydrogen) atoms. The first-order valence-corrected chi connectivity index (χ1v) is 9.09. The Balaban J connectivity index is 2.03. The molecule has 0 saturated heterocycles. The number of benzene rings is 2. The standard InChI is InChI=1S/C16H16N2O4S/c1-23(21,22)15-8-4-7-14(16(15)18(19)20)17-13-10-9-11-5-2-3-6-12(11)13/h2-8,13,17H,9-10H2,1H3. The number of aryl methyl sites for hydroxylation is 1. The van der Waals surface area contributed by atoms with E-state index in [0.29, 0.717) is 0 Å². The van der Waals surface area contributed by atoms with Crippen molar-refractivity contribution in [2.75, 3.05) is 11.6 Å². The lowest BCUT2D eigenvalue weighted by Crippen LogP contribution is -2.11. The molecule has 7 heteroatoms. The Morgan fingerprint density at radius 2 is 1.91 bits per heavy atom. The smallest absolute Gasteiger partial charge is 0.310 e. The molecule has 2 aromatic carbocycles. The van der Waals surface area contributed by atoms with Crippen molar-refractivity contribution in [1.82, 2.24) is 0 Å². The fraction of sp³-hybridized carbons (Fsp3) is 0.250. The highest BCUT2D eigenvalue weighted by atomic mass is 32.2. The molecule has 0 amide bonds. The Bertz CT molecular complexity index is 877. The minimum Gasteiger partial charge on any atom is -0.373 e. The van der Waals surface area contributed by atoms with Crippen molar-refractivity contribution in [3.05, 3.63) is 63.7 Å². The van der Waals surface area contributed by atoms with Crippen LogP contribution in [-0.4, -0.2) is 19.6 Å². The summed E-state index contributed by atoms with van der Waals surface area (Å²) in [4.78, 5) is 10.5. The molecule has 1 aliphatic rings. The number of sulfone groups is 1. The third-order valence-corrected chi connectivity index (χ3v) is 5.17. The largest absolute Gasteiger partial charge is 0.373 e. The van der Waals surface area contributed by atoms with E-state index in [2.05, 4.69) is 5.32 Å².